The largest absolute Gasteiger partial charge is 0.494 e. The van der Waals surface area contributed by atoms with Crippen molar-refractivity contribution in [1.82, 2.24) is 0 Å². The third-order valence-corrected chi connectivity index (χ3v) is 4.24. The molecule has 0 fully saturated rings. The van der Waals surface area contributed by atoms with Crippen LogP contribution in [0.2, 0.25) is 0 Å². The van der Waals surface area contributed by atoms with E-state index in [9.17, 15) is 4.39 Å². The van der Waals surface area contributed by atoms with Crippen LogP contribution >= 0.6 is 0 Å². The standard InChI is InChI=1S/C22H29FNO/c1-2-3-17-24(22-16-10-9-15-21(22)23)18-11-4-5-12-19-25-20-13-7-6-8-14-20/h2,6-7,9-10,13-16H,1,3-5,8,11-12,17-19H2. The minimum Gasteiger partial charge on any atom is -0.494 e. The lowest BCUT2D eigenvalue weighted by atomic mass is 10.1. The number of hydrogen-bond acceptors (Lipinski definition) is 2. The average Bonchev–Trinajstić information content (AvgIpc) is 2.65. The van der Waals surface area contributed by atoms with Crippen LogP contribution in [0.25, 0.3) is 0 Å². The van der Waals surface area contributed by atoms with Gasteiger partial charge in [-0.2, -0.15) is 0 Å². The Labute approximate surface area is 151 Å². The summed E-state index contributed by atoms with van der Waals surface area (Å²) in [4.78, 5) is 2.13. The summed E-state index contributed by atoms with van der Waals surface area (Å²) in [5.74, 6) is 0.837. The molecule has 0 unspecified atom stereocenters. The molecule has 1 radical (unpaired) electrons. The number of nitrogens with zero attached hydrogens (tertiary/aromatic N) is 1. The molecule has 0 saturated heterocycles. The highest BCUT2D eigenvalue weighted by atomic mass is 19.1. The van der Waals surface area contributed by atoms with Crippen LogP contribution in [0.1, 0.15) is 38.5 Å². The Hall–Kier alpha value is -2.03. The zero-order valence-corrected chi connectivity index (χ0v) is 15.0. The lowest BCUT2D eigenvalue weighted by Crippen LogP contribution is -2.26. The molecule has 1 aromatic carbocycles. The molecule has 25 heavy (non-hydrogen) atoms. The Bertz CT molecular complexity index is 579. The summed E-state index contributed by atoms with van der Waals surface area (Å²) in [7, 11) is 0. The quantitative estimate of drug-likeness (QED) is 0.350. The predicted octanol–water partition coefficient (Wildman–Crippen LogP) is 5.83. The lowest BCUT2D eigenvalue weighted by molar-refractivity contribution is 0.215. The van der Waals surface area contributed by atoms with E-state index in [0.29, 0.717) is 5.69 Å². The molecule has 0 N–H and O–H groups in total. The number of anilines is 1. The van der Waals surface area contributed by atoms with Crippen molar-refractivity contribution in [1.29, 1.82) is 0 Å². The van der Waals surface area contributed by atoms with E-state index in [1.54, 1.807) is 6.07 Å². The van der Waals surface area contributed by atoms with Gasteiger partial charge in [-0.1, -0.05) is 37.1 Å². The number of unbranched alkanes of at least 4 members (excludes halogenated alkanes) is 3. The van der Waals surface area contributed by atoms with E-state index in [1.807, 2.05) is 30.4 Å². The van der Waals surface area contributed by atoms with Gasteiger partial charge in [-0.05, 0) is 56.4 Å². The van der Waals surface area contributed by atoms with Crippen LogP contribution in [-0.2, 0) is 4.74 Å². The third-order valence-electron chi connectivity index (χ3n) is 4.24. The van der Waals surface area contributed by atoms with Crippen molar-refractivity contribution >= 4 is 5.69 Å². The molecule has 0 heterocycles. The molecule has 0 amide bonds. The molecule has 0 aliphatic heterocycles. The first-order valence-corrected chi connectivity index (χ1v) is 9.24. The summed E-state index contributed by atoms with van der Waals surface area (Å²) in [6, 6.07) is 7.01. The molecule has 1 aromatic rings. The number of ether oxygens (including phenoxy) is 1. The second kappa shape index (κ2) is 11.5. The molecule has 0 spiro atoms. The minimum atomic E-state index is -0.147. The maximum Gasteiger partial charge on any atom is 0.146 e. The van der Waals surface area contributed by atoms with E-state index in [-0.39, 0.29) is 5.82 Å². The molecule has 2 rings (SSSR count). The summed E-state index contributed by atoms with van der Waals surface area (Å²) in [6.07, 6.45) is 16.4. The van der Waals surface area contributed by atoms with Crippen molar-refractivity contribution in [3.05, 3.63) is 73.1 Å². The van der Waals surface area contributed by atoms with E-state index < -0.39 is 0 Å². The molecule has 135 valence electrons. The maximum atomic E-state index is 14.0. The molecule has 1 aliphatic rings. The number of halogens is 1. The molecular formula is C22H29FNO. The molecule has 0 saturated carbocycles. The van der Waals surface area contributed by atoms with Crippen LogP contribution in [0.4, 0.5) is 10.1 Å². The van der Waals surface area contributed by atoms with Crippen LogP contribution in [0, 0.1) is 12.2 Å². The van der Waals surface area contributed by atoms with Crippen molar-refractivity contribution in [2.24, 2.45) is 0 Å². The summed E-state index contributed by atoms with van der Waals surface area (Å²) in [5, 5.41) is 0. The Morgan fingerprint density at radius 1 is 1.12 bits per heavy atom. The van der Waals surface area contributed by atoms with Gasteiger partial charge in [0.15, 0.2) is 0 Å². The monoisotopic (exact) mass is 342 g/mol. The van der Waals surface area contributed by atoms with E-state index in [1.165, 1.54) is 6.07 Å². The fourth-order valence-corrected chi connectivity index (χ4v) is 2.86. The Kier molecular flexibility index (Phi) is 8.89. The van der Waals surface area contributed by atoms with Crippen LogP contribution in [0.5, 0.6) is 0 Å². The van der Waals surface area contributed by atoms with Crippen LogP contribution in [-0.4, -0.2) is 19.7 Å². The smallest absolute Gasteiger partial charge is 0.146 e. The highest BCUT2D eigenvalue weighted by Crippen LogP contribution is 2.20. The van der Waals surface area contributed by atoms with Crippen molar-refractivity contribution < 1.29 is 9.13 Å². The van der Waals surface area contributed by atoms with Crippen LogP contribution in [0.3, 0.4) is 0 Å². The summed E-state index contributed by atoms with van der Waals surface area (Å²) >= 11 is 0. The van der Waals surface area contributed by atoms with Gasteiger partial charge in [-0.3, -0.25) is 0 Å². The molecule has 0 bridgehead atoms. The highest BCUT2D eigenvalue weighted by Gasteiger charge is 2.09. The molecule has 2 nitrogen and oxygen atoms in total. The Balaban J connectivity index is 1.65. The normalized spacial score (nSPS) is 13.4. The van der Waals surface area contributed by atoms with Gasteiger partial charge in [-0.25, -0.2) is 4.39 Å². The average molecular weight is 342 g/mol. The van der Waals surface area contributed by atoms with Gasteiger partial charge < -0.3 is 9.64 Å². The zero-order valence-electron chi connectivity index (χ0n) is 15.0. The summed E-state index contributed by atoms with van der Waals surface area (Å²) in [5.41, 5.74) is 0.695. The summed E-state index contributed by atoms with van der Waals surface area (Å²) in [6.45, 7) is 6.22. The molecule has 0 atom stereocenters. The Morgan fingerprint density at radius 2 is 1.96 bits per heavy atom. The van der Waals surface area contributed by atoms with Gasteiger partial charge in [-0.15, -0.1) is 6.58 Å². The number of rotatable bonds is 12. The topological polar surface area (TPSA) is 12.5 Å². The first-order chi connectivity index (χ1) is 12.3. The lowest BCUT2D eigenvalue weighted by Gasteiger charge is -2.24. The SMILES string of the molecule is C=CCCN(CCCCCCOC1=CC[CH]C=C1)c1ccccc1F. The minimum absolute atomic E-state index is 0.147. The number of allylic oxidation sites excluding steroid dienone is 3. The molecular weight excluding hydrogens is 313 g/mol. The summed E-state index contributed by atoms with van der Waals surface area (Å²) < 4.78 is 19.8. The maximum absolute atomic E-state index is 14.0. The van der Waals surface area contributed by atoms with E-state index in [4.69, 9.17) is 4.74 Å². The van der Waals surface area contributed by atoms with Crippen molar-refractivity contribution in [2.75, 3.05) is 24.6 Å². The van der Waals surface area contributed by atoms with Crippen molar-refractivity contribution in [3.8, 4) is 0 Å². The second-order valence-corrected chi connectivity index (χ2v) is 6.22. The number of para-hydroxylation sites is 1. The molecule has 0 aromatic heterocycles. The van der Waals surface area contributed by atoms with Gasteiger partial charge in [0.25, 0.3) is 0 Å². The fraction of sp³-hybridized carbons (Fsp3) is 0.409. The molecule has 1 aliphatic carbocycles. The number of hydrogen-bond donors (Lipinski definition) is 0. The van der Waals surface area contributed by atoms with E-state index in [0.717, 1.165) is 64.0 Å². The highest BCUT2D eigenvalue weighted by molar-refractivity contribution is 5.47. The van der Waals surface area contributed by atoms with Crippen LogP contribution < -0.4 is 4.90 Å². The molecule has 3 heteroatoms. The van der Waals surface area contributed by atoms with Crippen molar-refractivity contribution in [2.45, 2.75) is 38.5 Å². The first-order valence-electron chi connectivity index (χ1n) is 9.24. The van der Waals surface area contributed by atoms with Crippen LogP contribution in [0.15, 0.2) is 60.9 Å². The van der Waals surface area contributed by atoms with Gasteiger partial charge in [0.1, 0.15) is 11.6 Å². The van der Waals surface area contributed by atoms with Gasteiger partial charge in [0, 0.05) is 13.1 Å². The van der Waals surface area contributed by atoms with Gasteiger partial charge in [0.2, 0.25) is 0 Å². The van der Waals surface area contributed by atoms with Gasteiger partial charge >= 0.3 is 0 Å². The Morgan fingerprint density at radius 3 is 2.72 bits per heavy atom. The van der Waals surface area contributed by atoms with E-state index in [2.05, 4.69) is 24.0 Å². The third kappa shape index (κ3) is 7.16. The van der Waals surface area contributed by atoms with Gasteiger partial charge in [0.05, 0.1) is 12.3 Å². The second-order valence-electron chi connectivity index (χ2n) is 6.22. The van der Waals surface area contributed by atoms with E-state index >= 15 is 0 Å². The first kappa shape index (κ1) is 19.3. The fourth-order valence-electron chi connectivity index (χ4n) is 2.86. The van der Waals surface area contributed by atoms with Crippen molar-refractivity contribution in [3.63, 3.8) is 0 Å². The number of benzene rings is 1. The zero-order chi connectivity index (χ0) is 17.7. The predicted molar refractivity (Wildman–Crippen MR) is 104 cm³/mol.